The van der Waals surface area contributed by atoms with Gasteiger partial charge in [0.15, 0.2) is 5.82 Å². The van der Waals surface area contributed by atoms with E-state index < -0.39 is 16.0 Å². The molecule has 0 radical (unpaired) electrons. The van der Waals surface area contributed by atoms with Crippen LogP contribution in [-0.2, 0) is 21.0 Å². The van der Waals surface area contributed by atoms with Gasteiger partial charge in [-0.25, -0.2) is 14.4 Å². The Morgan fingerprint density at radius 3 is 2.67 bits per heavy atom. The summed E-state index contributed by atoms with van der Waals surface area (Å²) >= 11 is 0. The molecule has 4 rings (SSSR count). The van der Waals surface area contributed by atoms with E-state index in [1.807, 2.05) is 18.2 Å². The number of rotatable bonds is 7. The number of piperidine rings is 1. The Labute approximate surface area is 175 Å². The lowest BCUT2D eigenvalue weighted by Crippen LogP contribution is -2.36. The molecule has 2 aromatic heterocycles. The van der Waals surface area contributed by atoms with Crippen molar-refractivity contribution in [1.29, 1.82) is 0 Å². The van der Waals surface area contributed by atoms with Gasteiger partial charge in [-0.3, -0.25) is 4.68 Å². The minimum atomic E-state index is -3.04. The second-order valence-electron chi connectivity index (χ2n) is 7.66. The van der Waals surface area contributed by atoms with Crippen LogP contribution in [0.1, 0.15) is 12.8 Å². The Morgan fingerprint density at radius 1 is 1.23 bits per heavy atom. The fourth-order valence-electron chi connectivity index (χ4n) is 3.57. The Bertz CT molecular complexity index is 1040. The van der Waals surface area contributed by atoms with Gasteiger partial charge in [0.05, 0.1) is 43.5 Å². The standard InChI is InChI=1S/C20H24FN5O3S/c1-30(27,28)9-8-26-19-3-2-18(10-16(19)11-24-26)29-14-15-4-6-25(7-5-15)20-22-12-17(21)13-23-20/h2-3,10-13,15H,4-9,14H2,1H3. The molecule has 0 spiro atoms. The van der Waals surface area contributed by atoms with Crippen molar-refractivity contribution in [2.45, 2.75) is 19.4 Å². The van der Waals surface area contributed by atoms with Crippen molar-refractivity contribution in [2.75, 3.05) is 36.6 Å². The highest BCUT2D eigenvalue weighted by atomic mass is 32.3. The van der Waals surface area contributed by atoms with Crippen LogP contribution >= 0.6 is 0 Å². The number of aromatic nitrogens is 4. The Hall–Kier alpha value is -2.59. The van der Waals surface area contributed by atoms with Crippen LogP contribution in [0.2, 0.25) is 0 Å². The van der Waals surface area contributed by atoms with Crippen LogP contribution in [0.4, 0.5) is 10.3 Å². The highest BCUT2D eigenvalue weighted by molar-refractivity contribution is 7.96. The highest BCUT2D eigenvalue weighted by Gasteiger charge is 2.21. The quantitative estimate of drug-likeness (QED) is 0.528. The van der Waals surface area contributed by atoms with E-state index >= 15 is 0 Å². The summed E-state index contributed by atoms with van der Waals surface area (Å²) in [7, 11) is -3.04. The highest BCUT2D eigenvalue weighted by Crippen LogP contribution is 2.24. The number of hydrogen-bond acceptors (Lipinski definition) is 7. The predicted molar refractivity (Wildman–Crippen MR) is 112 cm³/mol. The Kier molecular flexibility index (Phi) is 5.96. The van der Waals surface area contributed by atoms with Crippen LogP contribution in [0, 0.1) is 11.7 Å². The maximum absolute atomic E-state index is 13.0. The number of aryl methyl sites for hydroxylation is 1. The number of benzene rings is 1. The van der Waals surface area contributed by atoms with E-state index in [1.165, 1.54) is 18.6 Å². The third-order valence-electron chi connectivity index (χ3n) is 5.28. The van der Waals surface area contributed by atoms with E-state index in [1.54, 1.807) is 10.9 Å². The van der Waals surface area contributed by atoms with Gasteiger partial charge in [0, 0.05) is 28.7 Å². The summed E-state index contributed by atoms with van der Waals surface area (Å²) in [6.45, 7) is 2.57. The third kappa shape index (κ3) is 5.11. The first-order valence-corrected chi connectivity index (χ1v) is 11.9. The van der Waals surface area contributed by atoms with Crippen molar-refractivity contribution >= 4 is 27.1 Å². The molecule has 0 N–H and O–H groups in total. The summed E-state index contributed by atoms with van der Waals surface area (Å²) < 4.78 is 43.4. The molecule has 0 bridgehead atoms. The number of fused-ring (bicyclic) bond motifs is 1. The van der Waals surface area contributed by atoms with Gasteiger partial charge in [-0.15, -0.1) is 4.21 Å². The fraction of sp³-hybridized carbons (Fsp3) is 0.450. The lowest BCUT2D eigenvalue weighted by Gasteiger charge is -2.31. The zero-order valence-corrected chi connectivity index (χ0v) is 17.6. The molecule has 1 unspecified atom stereocenters. The lowest BCUT2D eigenvalue weighted by molar-refractivity contribution is 0.222. The van der Waals surface area contributed by atoms with Crippen molar-refractivity contribution < 1.29 is 17.9 Å². The molecule has 30 heavy (non-hydrogen) atoms. The van der Waals surface area contributed by atoms with Gasteiger partial charge in [0.25, 0.3) is 0 Å². The zero-order valence-electron chi connectivity index (χ0n) is 16.7. The van der Waals surface area contributed by atoms with E-state index in [0.717, 1.165) is 42.6 Å². The second-order valence-corrected chi connectivity index (χ2v) is 9.92. The predicted octanol–water partition coefficient (Wildman–Crippen LogP) is 2.52. The molecular weight excluding hydrogens is 409 g/mol. The number of hydrogen-bond donors (Lipinski definition) is 0. The normalized spacial score (nSPS) is 17.2. The van der Waals surface area contributed by atoms with Crippen molar-refractivity contribution in [1.82, 2.24) is 19.7 Å². The van der Waals surface area contributed by atoms with Crippen molar-refractivity contribution in [3.63, 3.8) is 0 Å². The summed E-state index contributed by atoms with van der Waals surface area (Å²) in [4.78, 5) is 10.2. The van der Waals surface area contributed by atoms with Gasteiger partial charge in [0.2, 0.25) is 5.95 Å². The molecule has 0 aliphatic carbocycles. The fourth-order valence-corrected chi connectivity index (χ4v) is 4.07. The number of anilines is 1. The summed E-state index contributed by atoms with van der Waals surface area (Å²) in [5, 5.41) is 5.21. The molecule has 3 aromatic rings. The van der Waals surface area contributed by atoms with Crippen LogP contribution in [0.25, 0.3) is 10.9 Å². The molecule has 1 saturated heterocycles. The van der Waals surface area contributed by atoms with Crippen molar-refractivity contribution in [2.24, 2.45) is 5.92 Å². The van der Waals surface area contributed by atoms with Crippen molar-refractivity contribution in [3.05, 3.63) is 42.6 Å². The van der Waals surface area contributed by atoms with E-state index in [4.69, 9.17) is 4.74 Å². The SMILES string of the molecule is C[S+](=O)([O-])CCn1ncc2cc(OCC3CCN(c4ncc(F)cn4)CC3)ccc21. The number of nitrogens with zero attached hydrogens (tertiary/aromatic N) is 5. The zero-order chi connectivity index (χ0) is 21.1. The smallest absolute Gasteiger partial charge is 0.225 e. The average molecular weight is 434 g/mol. The second kappa shape index (κ2) is 8.65. The average Bonchev–Trinajstić information content (AvgIpc) is 3.13. The molecule has 0 amide bonds. The summed E-state index contributed by atoms with van der Waals surface area (Å²) in [6.07, 6.45) is 7.24. The van der Waals surface area contributed by atoms with Gasteiger partial charge < -0.3 is 14.2 Å². The van der Waals surface area contributed by atoms with E-state index in [2.05, 4.69) is 20.0 Å². The lowest BCUT2D eigenvalue weighted by atomic mass is 9.98. The molecule has 1 fully saturated rings. The van der Waals surface area contributed by atoms with Crippen LogP contribution < -0.4 is 9.64 Å². The molecule has 160 valence electrons. The van der Waals surface area contributed by atoms with Gasteiger partial charge in [-0.05, 0) is 37.0 Å². The van der Waals surface area contributed by atoms with Crippen LogP contribution in [0.15, 0.2) is 36.8 Å². The molecule has 10 heteroatoms. The molecule has 1 aliphatic rings. The molecular formula is C20H24FN5O3S. The van der Waals surface area contributed by atoms with Gasteiger partial charge >= 0.3 is 0 Å². The van der Waals surface area contributed by atoms with Crippen LogP contribution in [-0.4, -0.2) is 56.0 Å². The third-order valence-corrected chi connectivity index (χ3v) is 6.20. The largest absolute Gasteiger partial charge is 0.615 e. The van der Waals surface area contributed by atoms with Gasteiger partial charge in [0.1, 0.15) is 11.5 Å². The molecule has 3 heterocycles. The number of halogens is 1. The molecule has 1 atom stereocenters. The first kappa shape index (κ1) is 20.7. The van der Waals surface area contributed by atoms with E-state index in [-0.39, 0.29) is 5.75 Å². The van der Waals surface area contributed by atoms with Crippen LogP contribution in [0.3, 0.4) is 0 Å². The molecule has 8 nitrogen and oxygen atoms in total. The number of sulfone groups is 1. The minimum Gasteiger partial charge on any atom is -0.615 e. The molecule has 1 aliphatic heterocycles. The van der Waals surface area contributed by atoms with Gasteiger partial charge in [-0.2, -0.15) is 5.10 Å². The monoisotopic (exact) mass is 433 g/mol. The summed E-state index contributed by atoms with van der Waals surface area (Å²) in [5.41, 5.74) is 0.888. The first-order valence-electron chi connectivity index (χ1n) is 9.86. The maximum atomic E-state index is 13.0. The first-order chi connectivity index (χ1) is 14.4. The maximum Gasteiger partial charge on any atom is 0.225 e. The molecule has 0 saturated carbocycles. The molecule has 1 aromatic carbocycles. The van der Waals surface area contributed by atoms with E-state index in [9.17, 15) is 13.2 Å². The van der Waals surface area contributed by atoms with Gasteiger partial charge in [-0.1, -0.05) is 0 Å². The summed E-state index contributed by atoms with van der Waals surface area (Å²) in [5.74, 6) is 1.39. The topological polar surface area (TPSA) is 96.2 Å². The Balaban J connectivity index is 1.30. The minimum absolute atomic E-state index is 0.0592. The van der Waals surface area contributed by atoms with Crippen molar-refractivity contribution in [3.8, 4) is 5.75 Å². The summed E-state index contributed by atoms with van der Waals surface area (Å²) in [6, 6.07) is 5.73. The Morgan fingerprint density at radius 2 is 1.97 bits per heavy atom. The van der Waals surface area contributed by atoms with E-state index in [0.29, 0.717) is 25.0 Å². The number of ether oxygens (including phenoxy) is 1. The van der Waals surface area contributed by atoms with Crippen LogP contribution in [0.5, 0.6) is 5.75 Å².